The normalized spacial score (nSPS) is 14.1. The molecule has 2 N–H and O–H groups in total. The van der Waals surface area contributed by atoms with Crippen LogP contribution in [0.3, 0.4) is 0 Å². The molecule has 3 aromatic rings. The first-order valence-corrected chi connectivity index (χ1v) is 7.99. The number of pyridine rings is 1. The summed E-state index contributed by atoms with van der Waals surface area (Å²) in [5.41, 5.74) is 3.98. The molecule has 7 heteroatoms. The van der Waals surface area contributed by atoms with E-state index in [0.717, 1.165) is 42.2 Å². The number of hydrogen-bond donors (Lipinski definition) is 2. The molecule has 3 aromatic heterocycles. The third-order valence-corrected chi connectivity index (χ3v) is 3.94. The lowest BCUT2D eigenvalue weighted by atomic mass is 10.2. The van der Waals surface area contributed by atoms with Gasteiger partial charge in [-0.1, -0.05) is 0 Å². The Kier molecular flexibility index (Phi) is 3.75. The minimum atomic E-state index is 0.606. The van der Waals surface area contributed by atoms with E-state index >= 15 is 0 Å². The van der Waals surface area contributed by atoms with E-state index in [4.69, 9.17) is 0 Å². The van der Waals surface area contributed by atoms with E-state index in [0.29, 0.717) is 5.92 Å². The molecule has 0 amide bonds. The van der Waals surface area contributed by atoms with Crippen LogP contribution >= 0.6 is 0 Å². The highest BCUT2D eigenvalue weighted by Gasteiger charge is 2.26. The van der Waals surface area contributed by atoms with Gasteiger partial charge in [0.25, 0.3) is 0 Å². The Hall–Kier alpha value is -2.70. The number of nitrogens with one attached hydrogen (secondary N) is 2. The minimum Gasteiger partial charge on any atom is -0.384 e. The molecule has 118 valence electrons. The fourth-order valence-corrected chi connectivity index (χ4v) is 2.57. The molecule has 0 aromatic carbocycles. The van der Waals surface area contributed by atoms with Crippen LogP contribution < -0.4 is 10.6 Å². The monoisotopic (exact) mass is 309 g/mol. The van der Waals surface area contributed by atoms with E-state index < -0.39 is 0 Å². The predicted molar refractivity (Wildman–Crippen MR) is 88.6 cm³/mol. The number of fused-ring (bicyclic) bond motifs is 1. The second kappa shape index (κ2) is 6.20. The Morgan fingerprint density at radius 2 is 2.13 bits per heavy atom. The van der Waals surface area contributed by atoms with E-state index in [9.17, 15) is 0 Å². The molecule has 0 saturated heterocycles. The molecule has 0 spiro atoms. The topological polar surface area (TPSA) is 80.0 Å². The van der Waals surface area contributed by atoms with Gasteiger partial charge in [0, 0.05) is 31.4 Å². The third-order valence-electron chi connectivity index (χ3n) is 3.94. The largest absolute Gasteiger partial charge is 0.384 e. The van der Waals surface area contributed by atoms with Crippen LogP contribution in [0.2, 0.25) is 0 Å². The summed E-state index contributed by atoms with van der Waals surface area (Å²) in [6, 6.07) is 6.07. The summed E-state index contributed by atoms with van der Waals surface area (Å²) < 4.78 is 1.77. The van der Waals surface area contributed by atoms with E-state index in [1.165, 1.54) is 12.8 Å². The van der Waals surface area contributed by atoms with Crippen molar-refractivity contribution in [3.8, 4) is 0 Å². The quantitative estimate of drug-likeness (QED) is 0.652. The Bertz CT molecular complexity index is 779. The average molecular weight is 309 g/mol. The highest BCUT2D eigenvalue weighted by molar-refractivity contribution is 5.66. The van der Waals surface area contributed by atoms with Gasteiger partial charge in [0.05, 0.1) is 17.1 Å². The van der Waals surface area contributed by atoms with Crippen molar-refractivity contribution in [1.29, 1.82) is 0 Å². The van der Waals surface area contributed by atoms with E-state index in [2.05, 4.69) is 37.0 Å². The minimum absolute atomic E-state index is 0.606. The van der Waals surface area contributed by atoms with Gasteiger partial charge in [-0.25, -0.2) is 0 Å². The molecular weight excluding hydrogens is 290 g/mol. The lowest BCUT2D eigenvalue weighted by Crippen LogP contribution is -2.11. The van der Waals surface area contributed by atoms with Crippen LogP contribution in [0.4, 0.5) is 11.4 Å². The molecule has 0 aliphatic heterocycles. The van der Waals surface area contributed by atoms with Crippen molar-refractivity contribution in [1.82, 2.24) is 24.8 Å². The number of rotatable bonds is 7. The summed E-state index contributed by atoms with van der Waals surface area (Å²) >= 11 is 0. The standard InChI is InChI=1S/C16H19N7/c1-3-13(10-17-6-1)18-7-2-8-19-15-9-14(12-4-5-12)22-23-11-20-21-16(15)23/h1,3,6,9-12,18-19H,2,4-5,7-8H2. The fraction of sp³-hybridized carbons (Fsp3) is 0.375. The van der Waals surface area contributed by atoms with Crippen LogP contribution in [0.5, 0.6) is 0 Å². The summed E-state index contributed by atoms with van der Waals surface area (Å²) in [5, 5.41) is 19.5. The Balaban J connectivity index is 1.35. The molecule has 0 bridgehead atoms. The van der Waals surface area contributed by atoms with Crippen molar-refractivity contribution in [3.63, 3.8) is 0 Å². The van der Waals surface area contributed by atoms with Gasteiger partial charge in [-0.05, 0) is 37.5 Å². The fourth-order valence-electron chi connectivity index (χ4n) is 2.57. The molecule has 23 heavy (non-hydrogen) atoms. The Morgan fingerprint density at radius 1 is 1.22 bits per heavy atom. The van der Waals surface area contributed by atoms with Crippen molar-refractivity contribution in [2.75, 3.05) is 23.7 Å². The van der Waals surface area contributed by atoms with E-state index in [1.54, 1.807) is 17.0 Å². The number of aromatic nitrogens is 5. The molecule has 0 atom stereocenters. The van der Waals surface area contributed by atoms with Crippen LogP contribution in [0.15, 0.2) is 36.9 Å². The molecule has 1 aliphatic carbocycles. The van der Waals surface area contributed by atoms with Gasteiger partial charge < -0.3 is 10.6 Å². The first-order chi connectivity index (χ1) is 11.4. The summed E-state index contributed by atoms with van der Waals surface area (Å²) in [5.74, 6) is 0.606. The van der Waals surface area contributed by atoms with Crippen LogP contribution in [0.25, 0.3) is 5.65 Å². The number of hydrogen-bond acceptors (Lipinski definition) is 6. The van der Waals surface area contributed by atoms with Gasteiger partial charge in [0.2, 0.25) is 5.65 Å². The molecule has 1 fully saturated rings. The molecular formula is C16H19N7. The van der Waals surface area contributed by atoms with Gasteiger partial charge in [-0.2, -0.15) is 9.61 Å². The SMILES string of the molecule is c1cncc(NCCCNc2cc(C3CC3)nn3cnnc23)c1. The maximum Gasteiger partial charge on any atom is 0.200 e. The number of nitrogens with zero attached hydrogens (tertiary/aromatic N) is 5. The molecule has 1 aliphatic rings. The maximum atomic E-state index is 4.57. The average Bonchev–Trinajstić information content (AvgIpc) is 3.33. The molecule has 7 nitrogen and oxygen atoms in total. The zero-order valence-corrected chi connectivity index (χ0v) is 12.8. The Labute approximate surface area is 134 Å². The van der Waals surface area contributed by atoms with E-state index in [1.807, 2.05) is 18.3 Å². The van der Waals surface area contributed by atoms with Crippen molar-refractivity contribution in [3.05, 3.63) is 42.6 Å². The lowest BCUT2D eigenvalue weighted by molar-refractivity contribution is 0.846. The summed E-state index contributed by atoms with van der Waals surface area (Å²) in [7, 11) is 0. The molecule has 0 radical (unpaired) electrons. The lowest BCUT2D eigenvalue weighted by Gasteiger charge is -2.10. The molecule has 0 unspecified atom stereocenters. The zero-order chi connectivity index (χ0) is 15.5. The molecule has 1 saturated carbocycles. The van der Waals surface area contributed by atoms with Crippen molar-refractivity contribution >= 4 is 17.0 Å². The molecule has 4 rings (SSSR count). The first kappa shape index (κ1) is 13.9. The Morgan fingerprint density at radius 3 is 2.96 bits per heavy atom. The van der Waals surface area contributed by atoms with Gasteiger partial charge >= 0.3 is 0 Å². The first-order valence-electron chi connectivity index (χ1n) is 7.99. The summed E-state index contributed by atoms with van der Waals surface area (Å²) in [6.45, 7) is 1.76. The van der Waals surface area contributed by atoms with Gasteiger partial charge in [-0.3, -0.25) is 4.98 Å². The maximum absolute atomic E-state index is 4.57. The number of anilines is 2. The second-order valence-electron chi connectivity index (χ2n) is 5.81. The molecule has 3 heterocycles. The van der Waals surface area contributed by atoms with Crippen molar-refractivity contribution in [2.45, 2.75) is 25.2 Å². The van der Waals surface area contributed by atoms with Crippen LogP contribution in [0, 0.1) is 0 Å². The van der Waals surface area contributed by atoms with Crippen LogP contribution in [-0.4, -0.2) is 37.9 Å². The van der Waals surface area contributed by atoms with Gasteiger partial charge in [-0.15, -0.1) is 10.2 Å². The predicted octanol–water partition coefficient (Wildman–Crippen LogP) is 2.31. The van der Waals surface area contributed by atoms with Gasteiger partial charge in [0.15, 0.2) is 0 Å². The summed E-state index contributed by atoms with van der Waals surface area (Å²) in [6.07, 6.45) is 8.73. The highest BCUT2D eigenvalue weighted by atomic mass is 15.3. The smallest absolute Gasteiger partial charge is 0.200 e. The van der Waals surface area contributed by atoms with Crippen LogP contribution in [0.1, 0.15) is 30.9 Å². The van der Waals surface area contributed by atoms with Crippen LogP contribution in [-0.2, 0) is 0 Å². The highest BCUT2D eigenvalue weighted by Crippen LogP contribution is 2.39. The second-order valence-corrected chi connectivity index (χ2v) is 5.81. The van der Waals surface area contributed by atoms with E-state index in [-0.39, 0.29) is 0 Å². The zero-order valence-electron chi connectivity index (χ0n) is 12.8. The van der Waals surface area contributed by atoms with Crippen molar-refractivity contribution in [2.24, 2.45) is 0 Å². The van der Waals surface area contributed by atoms with Gasteiger partial charge in [0.1, 0.15) is 6.33 Å². The van der Waals surface area contributed by atoms with Crippen molar-refractivity contribution < 1.29 is 0 Å². The third kappa shape index (κ3) is 3.23. The summed E-state index contributed by atoms with van der Waals surface area (Å²) in [4.78, 5) is 4.09.